The number of aliphatic hydroxyl groups excluding tert-OH is 2. The van der Waals surface area contributed by atoms with E-state index in [0.717, 1.165) is 6.92 Å². The molecule has 4 N–H and O–H groups in total. The highest BCUT2D eigenvalue weighted by Gasteiger charge is 2.78. The van der Waals surface area contributed by atoms with Gasteiger partial charge < -0.3 is 57.9 Å². The number of Topliss-reactive ketones (excluding diaryl/α,β-unsaturated/α-hetero) is 1. The van der Waals surface area contributed by atoms with Crippen LogP contribution in [-0.4, -0.2) is 116 Å². The number of amides is 1. The summed E-state index contributed by atoms with van der Waals surface area (Å²) in [6.07, 6.45) is -9.58. The number of aliphatic hydroxyl groups is 3. The average molecular weight is 918 g/mol. The first-order valence-electron chi connectivity index (χ1n) is 21.1. The zero-order chi connectivity index (χ0) is 47.5. The van der Waals surface area contributed by atoms with Gasteiger partial charge in [0.1, 0.15) is 41.3 Å². The number of hydrogen-bond donors (Lipinski definition) is 5. The molecule has 3 heterocycles. The van der Waals surface area contributed by atoms with E-state index in [4.69, 9.17) is 37.3 Å². The van der Waals surface area contributed by atoms with Gasteiger partial charge in [0.25, 0.3) is 0 Å². The Morgan fingerprint density at radius 2 is 1.66 bits per heavy atom. The summed E-state index contributed by atoms with van der Waals surface area (Å²) in [6.45, 7) is 15.1. The second-order valence-electron chi connectivity index (χ2n) is 19.6. The van der Waals surface area contributed by atoms with Gasteiger partial charge in [-0.25, -0.2) is 14.4 Å². The SMILES string of the molecule is CC(=O)O[C@@]12CO[C@@H]1C[C@H](O)[C@@]1(C)C(=O)[C@H](OC(=O)CCC(C)(C)S)C3=C(C)[C@@H](OC(=O)[C@H](O)[C@@H](NC(=O)OC(C)(C)C)c4ccco4)C[C@@](O)([C@@H](OC(=O)c4ccco4)[C@H]21)C3(C)C. The van der Waals surface area contributed by atoms with Gasteiger partial charge in [-0.05, 0) is 76.5 Å². The normalized spacial score (nSPS) is 31.9. The van der Waals surface area contributed by atoms with Crippen LogP contribution in [0.3, 0.4) is 0 Å². The first kappa shape index (κ1) is 48.8. The maximum absolute atomic E-state index is 15.7. The van der Waals surface area contributed by atoms with Crippen LogP contribution in [0.2, 0.25) is 0 Å². The van der Waals surface area contributed by atoms with Gasteiger partial charge in [0.2, 0.25) is 5.76 Å². The fourth-order valence-electron chi connectivity index (χ4n) is 9.81. The van der Waals surface area contributed by atoms with Crippen molar-refractivity contribution in [1.29, 1.82) is 0 Å². The lowest BCUT2D eigenvalue weighted by Gasteiger charge is -2.67. The molecule has 1 amide bonds. The molecule has 19 heteroatoms. The van der Waals surface area contributed by atoms with Crippen molar-refractivity contribution in [2.45, 2.75) is 159 Å². The molecule has 0 radical (unpaired) electrons. The molecule has 352 valence electrons. The van der Waals surface area contributed by atoms with E-state index in [9.17, 15) is 39.3 Å². The first-order chi connectivity index (χ1) is 29.6. The number of carbonyl (C=O) groups excluding carboxylic acids is 6. The van der Waals surface area contributed by atoms with Crippen molar-refractivity contribution < 1.29 is 81.3 Å². The Labute approximate surface area is 376 Å². The quantitative estimate of drug-likeness (QED) is 0.0851. The van der Waals surface area contributed by atoms with Crippen LogP contribution in [-0.2, 0) is 47.6 Å². The zero-order valence-electron chi connectivity index (χ0n) is 37.6. The van der Waals surface area contributed by atoms with Crippen LogP contribution in [0.5, 0.6) is 0 Å². The van der Waals surface area contributed by atoms with Crippen molar-refractivity contribution in [1.82, 2.24) is 5.32 Å². The highest BCUT2D eigenvalue weighted by atomic mass is 32.1. The van der Waals surface area contributed by atoms with Crippen molar-refractivity contribution in [3.8, 4) is 0 Å². The van der Waals surface area contributed by atoms with E-state index in [-0.39, 0.29) is 48.5 Å². The first-order valence-corrected chi connectivity index (χ1v) is 21.6. The number of ketones is 1. The molecule has 0 spiro atoms. The maximum Gasteiger partial charge on any atom is 0.408 e. The Morgan fingerprint density at radius 1 is 1.00 bits per heavy atom. The maximum atomic E-state index is 15.7. The monoisotopic (exact) mass is 917 g/mol. The number of fused-ring (bicyclic) bond motifs is 5. The fourth-order valence-corrected chi connectivity index (χ4v) is 9.93. The smallest absolute Gasteiger partial charge is 0.408 e. The second kappa shape index (κ2) is 17.3. The van der Waals surface area contributed by atoms with Gasteiger partial charge in [0, 0.05) is 36.3 Å². The summed E-state index contributed by atoms with van der Waals surface area (Å²) in [6, 6.07) is 4.04. The van der Waals surface area contributed by atoms with Gasteiger partial charge in [0.15, 0.2) is 23.6 Å². The van der Waals surface area contributed by atoms with Crippen LogP contribution < -0.4 is 5.32 Å². The molecule has 2 aromatic rings. The molecule has 18 nitrogen and oxygen atoms in total. The number of thiol groups is 1. The minimum atomic E-state index is -2.47. The molecule has 2 bridgehead atoms. The van der Waals surface area contributed by atoms with Crippen molar-refractivity contribution in [2.75, 3.05) is 6.61 Å². The van der Waals surface area contributed by atoms with Crippen LogP contribution >= 0.6 is 12.6 Å². The number of rotatable bonds is 12. The summed E-state index contributed by atoms with van der Waals surface area (Å²) in [5, 5.41) is 39.9. The third kappa shape index (κ3) is 8.85. The van der Waals surface area contributed by atoms with Crippen molar-refractivity contribution in [3.05, 3.63) is 59.5 Å². The molecule has 2 aromatic heterocycles. The van der Waals surface area contributed by atoms with Gasteiger partial charge in [-0.2, -0.15) is 12.6 Å². The number of ether oxygens (including phenoxy) is 6. The molecule has 1 saturated heterocycles. The molecule has 3 aliphatic carbocycles. The molecular formula is C45H59NO17S. The molecule has 0 aromatic carbocycles. The lowest BCUT2D eigenvalue weighted by molar-refractivity contribution is -0.346. The van der Waals surface area contributed by atoms with E-state index in [1.807, 2.05) is 0 Å². The van der Waals surface area contributed by atoms with E-state index in [2.05, 4.69) is 17.9 Å². The standard InChI is InChI=1S/C45H59NO17S/c1-22-26(59-38(53)32(50)31(24-13-11-17-56-24)46-39(54)63-40(3,4)5)20-45(55)36(61-37(52)25-14-12-18-57-25)34-43(10,27(48)19-28-44(34,21-58-28)62-23(2)47)35(51)33(30(22)42(45,8)9)60-29(49)15-16-41(6,7)64/h11-14,17-18,26-28,31-34,36,48,50,55,64H,15-16,19-21H2,1-10H3,(H,46,54)/t26-,27-,28+,31-,32+,33+,34-,36-,43+,44-,45+/m0/s1. The molecule has 4 aliphatic rings. The van der Waals surface area contributed by atoms with Crippen molar-refractivity contribution >= 4 is 48.4 Å². The molecule has 3 fully saturated rings. The molecule has 1 aliphatic heterocycles. The summed E-state index contributed by atoms with van der Waals surface area (Å²) in [4.78, 5) is 84.0. The van der Waals surface area contributed by atoms with E-state index in [0.29, 0.717) is 0 Å². The second-order valence-corrected chi connectivity index (χ2v) is 20.8. The fraction of sp³-hybridized carbons (Fsp3) is 0.644. The summed E-state index contributed by atoms with van der Waals surface area (Å²) < 4.78 is 46.0. The van der Waals surface area contributed by atoms with Gasteiger partial charge in [0.05, 0.1) is 36.6 Å². The number of alkyl carbamates (subject to hydrolysis) is 1. The van der Waals surface area contributed by atoms with Crippen LogP contribution in [0, 0.1) is 16.7 Å². The van der Waals surface area contributed by atoms with Gasteiger partial charge in [-0.15, -0.1) is 0 Å². The summed E-state index contributed by atoms with van der Waals surface area (Å²) >= 11 is 4.53. The Kier molecular flexibility index (Phi) is 13.2. The summed E-state index contributed by atoms with van der Waals surface area (Å²) in [7, 11) is 0. The predicted octanol–water partition coefficient (Wildman–Crippen LogP) is 4.49. The van der Waals surface area contributed by atoms with Crippen LogP contribution in [0.4, 0.5) is 4.79 Å². The largest absolute Gasteiger partial charge is 0.467 e. The Balaban J connectivity index is 1.55. The number of carbonyl (C=O) groups is 6. The Hall–Kier alpha value is -4.69. The predicted molar refractivity (Wildman–Crippen MR) is 224 cm³/mol. The molecule has 0 unspecified atom stereocenters. The van der Waals surface area contributed by atoms with Crippen LogP contribution in [0.15, 0.2) is 56.8 Å². The molecule has 64 heavy (non-hydrogen) atoms. The van der Waals surface area contributed by atoms with E-state index in [1.54, 1.807) is 34.6 Å². The van der Waals surface area contributed by atoms with E-state index in [1.165, 1.54) is 64.5 Å². The van der Waals surface area contributed by atoms with Gasteiger partial charge in [-0.3, -0.25) is 14.4 Å². The third-order valence-corrected chi connectivity index (χ3v) is 13.4. The van der Waals surface area contributed by atoms with Gasteiger partial charge >= 0.3 is 30.0 Å². The highest BCUT2D eigenvalue weighted by molar-refractivity contribution is 7.81. The molecule has 2 saturated carbocycles. The Morgan fingerprint density at radius 3 is 2.20 bits per heavy atom. The van der Waals surface area contributed by atoms with E-state index >= 15 is 4.79 Å². The lowest BCUT2D eigenvalue weighted by Crippen LogP contribution is -2.82. The van der Waals surface area contributed by atoms with Crippen LogP contribution in [0.25, 0.3) is 0 Å². The molecule has 11 atom stereocenters. The topological polar surface area (TPSA) is 257 Å². The van der Waals surface area contributed by atoms with Gasteiger partial charge in [-0.1, -0.05) is 27.7 Å². The third-order valence-electron chi connectivity index (χ3n) is 13.1. The zero-order valence-corrected chi connectivity index (χ0v) is 38.5. The number of furan rings is 2. The average Bonchev–Trinajstić information content (AvgIpc) is 3.92. The number of esters is 4. The molecule has 6 rings (SSSR count). The Bertz CT molecular complexity index is 2150. The molecular weight excluding hydrogens is 859 g/mol. The number of hydrogen-bond acceptors (Lipinski definition) is 18. The minimum Gasteiger partial charge on any atom is -0.467 e. The summed E-state index contributed by atoms with van der Waals surface area (Å²) in [5.74, 6) is -6.95. The minimum absolute atomic E-state index is 0.0472. The van der Waals surface area contributed by atoms with Crippen LogP contribution in [0.1, 0.15) is 117 Å². The van der Waals surface area contributed by atoms with Crippen molar-refractivity contribution in [3.63, 3.8) is 0 Å². The lowest BCUT2D eigenvalue weighted by atomic mass is 9.44. The van der Waals surface area contributed by atoms with Crippen molar-refractivity contribution in [2.24, 2.45) is 16.7 Å². The van der Waals surface area contributed by atoms with E-state index < -0.39 is 123 Å². The summed E-state index contributed by atoms with van der Waals surface area (Å²) in [5.41, 5.74) is -9.04. The highest BCUT2D eigenvalue weighted by Crippen LogP contribution is 2.64. The number of nitrogens with one attached hydrogen (secondary N) is 1.